The smallest absolute Gasteiger partial charge is 0.264 e. The van der Waals surface area contributed by atoms with Gasteiger partial charge in [0.05, 0.1) is 22.6 Å². The zero-order valence-electron chi connectivity index (χ0n) is 20.8. The second kappa shape index (κ2) is 10.4. The van der Waals surface area contributed by atoms with Gasteiger partial charge >= 0.3 is 0 Å². The molecule has 1 aliphatic rings. The van der Waals surface area contributed by atoms with E-state index < -0.39 is 20.0 Å². The molecule has 0 spiro atoms. The minimum absolute atomic E-state index is 0.0384. The van der Waals surface area contributed by atoms with Crippen molar-refractivity contribution in [3.8, 4) is 5.75 Å². The van der Waals surface area contributed by atoms with E-state index in [-0.39, 0.29) is 21.6 Å². The summed E-state index contributed by atoms with van der Waals surface area (Å²) >= 11 is 0. The van der Waals surface area contributed by atoms with Crippen LogP contribution in [0.1, 0.15) is 25.8 Å². The summed E-state index contributed by atoms with van der Waals surface area (Å²) in [6.07, 6.45) is 1.21. The van der Waals surface area contributed by atoms with E-state index in [0.29, 0.717) is 42.2 Å². The number of nitrogens with one attached hydrogen (secondary N) is 2. The molecule has 0 bridgehead atoms. The van der Waals surface area contributed by atoms with Crippen LogP contribution in [0.2, 0.25) is 0 Å². The number of rotatable bonds is 8. The minimum Gasteiger partial charge on any atom is -0.497 e. The molecule has 0 saturated heterocycles. The number of carbonyl (C=O) groups is 1. The van der Waals surface area contributed by atoms with Crippen molar-refractivity contribution in [2.24, 2.45) is 5.92 Å². The first-order chi connectivity index (χ1) is 17.5. The van der Waals surface area contributed by atoms with E-state index >= 15 is 0 Å². The van der Waals surface area contributed by atoms with E-state index in [9.17, 15) is 21.6 Å². The van der Waals surface area contributed by atoms with Crippen molar-refractivity contribution in [1.29, 1.82) is 0 Å². The summed E-state index contributed by atoms with van der Waals surface area (Å²) in [6.45, 7) is 3.86. The molecule has 0 atom stereocenters. The van der Waals surface area contributed by atoms with Gasteiger partial charge in [-0.3, -0.25) is 13.8 Å². The van der Waals surface area contributed by atoms with Crippen LogP contribution >= 0.6 is 0 Å². The van der Waals surface area contributed by atoms with Crippen molar-refractivity contribution < 1.29 is 26.4 Å². The number of benzene rings is 3. The molecule has 0 fully saturated rings. The molecule has 2 N–H and O–H groups in total. The number of hydrogen-bond donors (Lipinski definition) is 2. The van der Waals surface area contributed by atoms with Crippen molar-refractivity contribution in [1.82, 2.24) is 0 Å². The molecule has 0 aliphatic carbocycles. The SMILES string of the molecule is COc1ccc(S(=O)(=O)N2CCCc3cc(NS(=O)(=O)c4ccc(NC(=O)C(C)C)cc4)ccc32)cc1. The number of methoxy groups -OCH3 is 1. The lowest BCUT2D eigenvalue weighted by Crippen LogP contribution is -2.35. The average molecular weight is 544 g/mol. The first kappa shape index (κ1) is 26.5. The second-order valence-electron chi connectivity index (χ2n) is 8.97. The van der Waals surface area contributed by atoms with Gasteiger partial charge in [-0.25, -0.2) is 16.8 Å². The molecule has 9 nitrogen and oxygen atoms in total. The van der Waals surface area contributed by atoms with Crippen LogP contribution in [0, 0.1) is 5.92 Å². The number of anilines is 3. The maximum absolute atomic E-state index is 13.3. The third-order valence-electron chi connectivity index (χ3n) is 6.01. The van der Waals surface area contributed by atoms with E-state index in [1.807, 2.05) is 0 Å². The van der Waals surface area contributed by atoms with Crippen LogP contribution in [0.4, 0.5) is 17.1 Å². The fourth-order valence-corrected chi connectivity index (χ4v) is 6.56. The van der Waals surface area contributed by atoms with Gasteiger partial charge in [-0.2, -0.15) is 0 Å². The van der Waals surface area contributed by atoms with Crippen LogP contribution < -0.4 is 19.1 Å². The molecule has 11 heteroatoms. The third kappa shape index (κ3) is 5.72. The van der Waals surface area contributed by atoms with Crippen LogP contribution in [-0.4, -0.2) is 36.4 Å². The molecule has 196 valence electrons. The molecule has 3 aromatic carbocycles. The summed E-state index contributed by atoms with van der Waals surface area (Å²) in [5, 5.41) is 2.72. The van der Waals surface area contributed by atoms with Crippen LogP contribution in [0.5, 0.6) is 5.75 Å². The number of fused-ring (bicyclic) bond motifs is 1. The zero-order valence-corrected chi connectivity index (χ0v) is 22.4. The highest BCUT2D eigenvalue weighted by Gasteiger charge is 2.29. The standard InChI is InChI=1S/C26H29N3O6S2/c1-18(2)26(30)27-20-6-11-23(12-7-20)36(31,32)28-21-8-15-25-19(17-21)5-4-16-29(25)37(33,34)24-13-9-22(35-3)10-14-24/h6-15,17-18,28H,4-5,16H2,1-3H3,(H,27,30). The topological polar surface area (TPSA) is 122 Å². The summed E-state index contributed by atoms with van der Waals surface area (Å²) in [4.78, 5) is 12.0. The highest BCUT2D eigenvalue weighted by molar-refractivity contribution is 7.93. The highest BCUT2D eigenvalue weighted by Crippen LogP contribution is 2.34. The van der Waals surface area contributed by atoms with Crippen LogP contribution in [0.3, 0.4) is 0 Å². The fraction of sp³-hybridized carbons (Fsp3) is 0.269. The van der Waals surface area contributed by atoms with Gasteiger partial charge in [0, 0.05) is 23.8 Å². The molecule has 0 unspecified atom stereocenters. The Morgan fingerprint density at radius 1 is 0.892 bits per heavy atom. The molecular formula is C26H29N3O6S2. The lowest BCUT2D eigenvalue weighted by molar-refractivity contribution is -0.118. The van der Waals surface area contributed by atoms with Crippen molar-refractivity contribution >= 4 is 43.0 Å². The Hall–Kier alpha value is -3.57. The molecule has 0 aromatic heterocycles. The molecule has 0 radical (unpaired) electrons. The molecule has 1 amide bonds. The van der Waals surface area contributed by atoms with Gasteiger partial charge in [-0.15, -0.1) is 0 Å². The Kier molecular flexibility index (Phi) is 7.47. The number of nitrogens with zero attached hydrogens (tertiary/aromatic N) is 1. The fourth-order valence-electron chi connectivity index (χ4n) is 3.97. The minimum atomic E-state index is -3.90. The first-order valence-electron chi connectivity index (χ1n) is 11.7. The molecular weight excluding hydrogens is 514 g/mol. The van der Waals surface area contributed by atoms with E-state index in [4.69, 9.17) is 4.74 Å². The molecule has 37 heavy (non-hydrogen) atoms. The van der Waals surface area contributed by atoms with Gasteiger partial charge in [-0.05, 0) is 85.1 Å². The number of carbonyl (C=O) groups excluding carboxylic acids is 1. The predicted molar refractivity (Wildman–Crippen MR) is 143 cm³/mol. The number of ether oxygens (including phenoxy) is 1. The molecule has 0 saturated carbocycles. The quantitative estimate of drug-likeness (QED) is 0.439. The number of hydrogen-bond acceptors (Lipinski definition) is 6. The van der Waals surface area contributed by atoms with Crippen molar-refractivity contribution in [2.45, 2.75) is 36.5 Å². The van der Waals surface area contributed by atoms with E-state index in [1.165, 1.54) is 47.8 Å². The van der Waals surface area contributed by atoms with Gasteiger partial charge in [0.15, 0.2) is 0 Å². The summed E-state index contributed by atoms with van der Waals surface area (Å²) in [7, 11) is -6.19. The first-order valence-corrected chi connectivity index (χ1v) is 14.7. The summed E-state index contributed by atoms with van der Waals surface area (Å²) in [5.74, 6) is 0.201. The Balaban J connectivity index is 1.54. The van der Waals surface area contributed by atoms with Crippen molar-refractivity contribution in [2.75, 3.05) is 28.0 Å². The average Bonchev–Trinajstić information content (AvgIpc) is 2.88. The zero-order chi connectivity index (χ0) is 26.8. The maximum Gasteiger partial charge on any atom is 0.264 e. The Morgan fingerprint density at radius 3 is 2.14 bits per heavy atom. The number of amides is 1. The highest BCUT2D eigenvalue weighted by atomic mass is 32.2. The van der Waals surface area contributed by atoms with Gasteiger partial charge in [-0.1, -0.05) is 13.8 Å². The number of sulfonamides is 2. The van der Waals surface area contributed by atoms with Crippen LogP contribution in [-0.2, 0) is 31.3 Å². The summed E-state index contributed by atoms with van der Waals surface area (Å²) in [5.41, 5.74) is 2.09. The monoisotopic (exact) mass is 543 g/mol. The maximum atomic E-state index is 13.3. The van der Waals surface area contributed by atoms with Gasteiger partial charge in [0.1, 0.15) is 5.75 Å². The molecule has 1 aliphatic heterocycles. The Labute approximate surface area is 217 Å². The lowest BCUT2D eigenvalue weighted by Gasteiger charge is -2.31. The summed E-state index contributed by atoms with van der Waals surface area (Å²) < 4.78 is 61.6. The number of aryl methyl sites for hydroxylation is 1. The third-order valence-corrected chi connectivity index (χ3v) is 9.24. The molecule has 1 heterocycles. The molecule has 3 aromatic rings. The van der Waals surface area contributed by atoms with E-state index in [0.717, 1.165) is 5.56 Å². The van der Waals surface area contributed by atoms with Gasteiger partial charge < -0.3 is 10.1 Å². The molecule has 4 rings (SSSR count). The Bertz CT molecular complexity index is 1500. The van der Waals surface area contributed by atoms with E-state index in [1.54, 1.807) is 44.2 Å². The summed E-state index contributed by atoms with van der Waals surface area (Å²) in [6, 6.07) is 16.9. The predicted octanol–water partition coefficient (Wildman–Crippen LogP) is 4.23. The van der Waals surface area contributed by atoms with Crippen molar-refractivity contribution in [3.05, 3.63) is 72.3 Å². The van der Waals surface area contributed by atoms with Crippen molar-refractivity contribution in [3.63, 3.8) is 0 Å². The second-order valence-corrected chi connectivity index (χ2v) is 12.5. The van der Waals surface area contributed by atoms with Gasteiger partial charge in [0.25, 0.3) is 20.0 Å². The van der Waals surface area contributed by atoms with E-state index in [2.05, 4.69) is 10.0 Å². The van der Waals surface area contributed by atoms with Crippen LogP contribution in [0.25, 0.3) is 0 Å². The normalized spacial score (nSPS) is 13.7. The van der Waals surface area contributed by atoms with Gasteiger partial charge in [0.2, 0.25) is 5.91 Å². The van der Waals surface area contributed by atoms with Crippen LogP contribution in [0.15, 0.2) is 76.5 Å². The Morgan fingerprint density at radius 2 is 1.51 bits per heavy atom. The lowest BCUT2D eigenvalue weighted by atomic mass is 10.0. The largest absolute Gasteiger partial charge is 0.497 e.